The van der Waals surface area contributed by atoms with E-state index < -0.39 is 11.4 Å². The SMILES string of the molecule is O=C(O)Cn1ccc(NC(=O)C2(c3ccccc3F)CCCC2)n1. The predicted octanol–water partition coefficient (Wildman–Crippen LogP) is 2.56. The van der Waals surface area contributed by atoms with Gasteiger partial charge in [-0.2, -0.15) is 5.10 Å². The lowest BCUT2D eigenvalue weighted by Crippen LogP contribution is -2.38. The Morgan fingerprint density at radius 2 is 1.96 bits per heavy atom. The Hall–Kier alpha value is -2.70. The molecule has 2 N–H and O–H groups in total. The Morgan fingerprint density at radius 1 is 1.25 bits per heavy atom. The lowest BCUT2D eigenvalue weighted by Gasteiger charge is -2.28. The number of carboxylic acids is 1. The standard InChI is InChI=1S/C17H18FN3O3/c18-13-6-2-1-5-12(13)17(8-3-4-9-17)16(24)19-14-7-10-21(20-14)11-15(22)23/h1-2,5-7,10H,3-4,8-9,11H2,(H,22,23)(H,19,20,24). The minimum absolute atomic E-state index is 0.267. The van der Waals surface area contributed by atoms with Crippen LogP contribution in [0.2, 0.25) is 0 Å². The number of carbonyl (C=O) groups excluding carboxylic acids is 1. The summed E-state index contributed by atoms with van der Waals surface area (Å²) in [6.45, 7) is -0.283. The first-order valence-electron chi connectivity index (χ1n) is 7.83. The van der Waals surface area contributed by atoms with Crippen molar-refractivity contribution in [2.24, 2.45) is 0 Å². The summed E-state index contributed by atoms with van der Waals surface area (Å²) in [5.74, 6) is -1.44. The number of aliphatic carboxylic acids is 1. The quantitative estimate of drug-likeness (QED) is 0.882. The van der Waals surface area contributed by atoms with Gasteiger partial charge in [0.05, 0.1) is 5.41 Å². The molecule has 0 saturated heterocycles. The normalized spacial score (nSPS) is 16.0. The van der Waals surface area contributed by atoms with Crippen molar-refractivity contribution in [3.63, 3.8) is 0 Å². The van der Waals surface area contributed by atoms with Crippen LogP contribution in [0.4, 0.5) is 10.2 Å². The molecule has 0 aliphatic heterocycles. The van der Waals surface area contributed by atoms with Crippen LogP contribution in [0, 0.1) is 5.82 Å². The van der Waals surface area contributed by atoms with Crippen LogP contribution >= 0.6 is 0 Å². The average molecular weight is 331 g/mol. The molecule has 0 spiro atoms. The molecule has 1 fully saturated rings. The van der Waals surface area contributed by atoms with E-state index in [0.29, 0.717) is 18.4 Å². The fourth-order valence-corrected chi connectivity index (χ4v) is 3.34. The van der Waals surface area contributed by atoms with Crippen molar-refractivity contribution >= 4 is 17.7 Å². The average Bonchev–Trinajstić information content (AvgIpc) is 3.17. The van der Waals surface area contributed by atoms with Gasteiger partial charge in [-0.3, -0.25) is 14.3 Å². The van der Waals surface area contributed by atoms with Crippen molar-refractivity contribution in [3.8, 4) is 0 Å². The number of rotatable bonds is 5. The van der Waals surface area contributed by atoms with E-state index >= 15 is 0 Å². The van der Waals surface area contributed by atoms with Crippen LogP contribution in [0.25, 0.3) is 0 Å². The summed E-state index contributed by atoms with van der Waals surface area (Å²) in [6, 6.07) is 7.89. The van der Waals surface area contributed by atoms with Gasteiger partial charge >= 0.3 is 5.97 Å². The van der Waals surface area contributed by atoms with Crippen molar-refractivity contribution in [2.75, 3.05) is 5.32 Å². The van der Waals surface area contributed by atoms with E-state index in [9.17, 15) is 14.0 Å². The van der Waals surface area contributed by atoms with Crippen LogP contribution in [0.3, 0.4) is 0 Å². The fourth-order valence-electron chi connectivity index (χ4n) is 3.34. The second kappa shape index (κ2) is 6.43. The van der Waals surface area contributed by atoms with Gasteiger partial charge in [-0.25, -0.2) is 4.39 Å². The molecular weight excluding hydrogens is 313 g/mol. The van der Waals surface area contributed by atoms with Crippen molar-refractivity contribution in [3.05, 3.63) is 47.9 Å². The monoisotopic (exact) mass is 331 g/mol. The molecule has 7 heteroatoms. The predicted molar refractivity (Wildman–Crippen MR) is 85.0 cm³/mol. The number of carboxylic acid groups (broad SMARTS) is 1. The highest BCUT2D eigenvalue weighted by molar-refractivity contribution is 5.98. The molecule has 3 rings (SSSR count). The highest BCUT2D eigenvalue weighted by Gasteiger charge is 2.44. The Balaban J connectivity index is 1.84. The van der Waals surface area contributed by atoms with Crippen LogP contribution in [-0.4, -0.2) is 26.8 Å². The van der Waals surface area contributed by atoms with Gasteiger partial charge in [0, 0.05) is 17.8 Å². The largest absolute Gasteiger partial charge is 0.480 e. The third kappa shape index (κ3) is 3.02. The summed E-state index contributed by atoms with van der Waals surface area (Å²) in [7, 11) is 0. The fraction of sp³-hybridized carbons (Fsp3) is 0.353. The zero-order valence-electron chi connectivity index (χ0n) is 13.0. The van der Waals surface area contributed by atoms with E-state index in [1.54, 1.807) is 18.2 Å². The number of benzene rings is 1. The number of hydrogen-bond acceptors (Lipinski definition) is 3. The molecule has 1 aromatic carbocycles. The summed E-state index contributed by atoms with van der Waals surface area (Å²) in [5, 5.41) is 15.5. The maximum Gasteiger partial charge on any atom is 0.325 e. The van der Waals surface area contributed by atoms with Crippen molar-refractivity contribution < 1.29 is 19.1 Å². The first-order valence-corrected chi connectivity index (χ1v) is 7.83. The molecular formula is C17H18FN3O3. The third-order valence-corrected chi connectivity index (χ3v) is 4.46. The summed E-state index contributed by atoms with van der Waals surface area (Å²) in [6.07, 6.45) is 4.35. The third-order valence-electron chi connectivity index (χ3n) is 4.46. The summed E-state index contributed by atoms with van der Waals surface area (Å²) in [5.41, 5.74) is -0.493. The Labute approximate surface area is 138 Å². The highest BCUT2D eigenvalue weighted by atomic mass is 19.1. The number of anilines is 1. The first kappa shape index (κ1) is 16.2. The molecule has 1 aliphatic carbocycles. The van der Waals surface area contributed by atoms with Gasteiger partial charge in [-0.05, 0) is 18.9 Å². The van der Waals surface area contributed by atoms with E-state index in [4.69, 9.17) is 5.11 Å². The number of amides is 1. The Kier molecular flexibility index (Phi) is 4.33. The molecule has 0 atom stereocenters. The molecule has 1 aliphatic rings. The van der Waals surface area contributed by atoms with Crippen molar-refractivity contribution in [1.29, 1.82) is 0 Å². The molecule has 1 aromatic heterocycles. The minimum atomic E-state index is -1.02. The van der Waals surface area contributed by atoms with Crippen LogP contribution in [0.1, 0.15) is 31.2 Å². The molecule has 6 nitrogen and oxygen atoms in total. The van der Waals surface area contributed by atoms with Crippen LogP contribution in [0.5, 0.6) is 0 Å². The molecule has 1 saturated carbocycles. The van der Waals surface area contributed by atoms with Gasteiger partial charge in [0.1, 0.15) is 12.4 Å². The van der Waals surface area contributed by atoms with Gasteiger partial charge in [0.15, 0.2) is 5.82 Å². The van der Waals surface area contributed by atoms with Crippen LogP contribution < -0.4 is 5.32 Å². The zero-order valence-corrected chi connectivity index (χ0v) is 13.0. The highest BCUT2D eigenvalue weighted by Crippen LogP contribution is 2.42. The smallest absolute Gasteiger partial charge is 0.325 e. The molecule has 0 bridgehead atoms. The van der Waals surface area contributed by atoms with Crippen LogP contribution in [-0.2, 0) is 21.5 Å². The van der Waals surface area contributed by atoms with Crippen LogP contribution in [0.15, 0.2) is 36.5 Å². The van der Waals surface area contributed by atoms with Crippen molar-refractivity contribution in [1.82, 2.24) is 9.78 Å². The second-order valence-corrected chi connectivity index (χ2v) is 6.02. The molecule has 0 radical (unpaired) electrons. The molecule has 126 valence electrons. The molecule has 0 unspecified atom stereocenters. The molecule has 24 heavy (non-hydrogen) atoms. The van der Waals surface area contributed by atoms with E-state index in [-0.39, 0.29) is 24.1 Å². The molecule has 1 heterocycles. The topological polar surface area (TPSA) is 84.2 Å². The second-order valence-electron chi connectivity index (χ2n) is 6.02. The maximum absolute atomic E-state index is 14.3. The van der Waals surface area contributed by atoms with Gasteiger partial charge in [-0.1, -0.05) is 31.0 Å². The Morgan fingerprint density at radius 3 is 2.62 bits per heavy atom. The number of nitrogens with one attached hydrogen (secondary N) is 1. The van der Waals surface area contributed by atoms with Gasteiger partial charge in [0.2, 0.25) is 5.91 Å². The minimum Gasteiger partial charge on any atom is -0.480 e. The molecule has 1 amide bonds. The van der Waals surface area contributed by atoms with Gasteiger partial charge < -0.3 is 10.4 Å². The van der Waals surface area contributed by atoms with Gasteiger partial charge in [-0.15, -0.1) is 0 Å². The van der Waals surface area contributed by atoms with E-state index in [1.165, 1.54) is 23.0 Å². The number of aromatic nitrogens is 2. The number of hydrogen-bond donors (Lipinski definition) is 2. The number of halogens is 1. The van der Waals surface area contributed by atoms with E-state index in [0.717, 1.165) is 12.8 Å². The summed E-state index contributed by atoms with van der Waals surface area (Å²) in [4.78, 5) is 23.6. The van der Waals surface area contributed by atoms with E-state index in [1.807, 2.05) is 0 Å². The maximum atomic E-state index is 14.3. The number of carbonyl (C=O) groups is 2. The Bertz CT molecular complexity index is 766. The first-order chi connectivity index (χ1) is 11.5. The van der Waals surface area contributed by atoms with Crippen molar-refractivity contribution in [2.45, 2.75) is 37.6 Å². The summed E-state index contributed by atoms with van der Waals surface area (Å²) >= 11 is 0. The van der Waals surface area contributed by atoms with E-state index in [2.05, 4.69) is 10.4 Å². The van der Waals surface area contributed by atoms with Gasteiger partial charge in [0.25, 0.3) is 0 Å². The zero-order chi connectivity index (χ0) is 17.2. The number of nitrogens with zero attached hydrogens (tertiary/aromatic N) is 2. The molecule has 2 aromatic rings. The lowest BCUT2D eigenvalue weighted by atomic mass is 9.77. The lowest BCUT2D eigenvalue weighted by molar-refractivity contribution is -0.137. The summed E-state index contributed by atoms with van der Waals surface area (Å²) < 4.78 is 15.5.